The first-order chi connectivity index (χ1) is 12.1. The maximum atomic E-state index is 12.0. The van der Waals surface area contributed by atoms with E-state index in [0.29, 0.717) is 17.9 Å². The molecule has 0 aliphatic carbocycles. The number of nitrogens with one attached hydrogen (secondary N) is 1. The van der Waals surface area contributed by atoms with Crippen LogP contribution in [0.25, 0.3) is 0 Å². The number of hydrogen-bond acceptors (Lipinski definition) is 4. The number of amides is 1. The molecule has 0 aliphatic heterocycles. The molecule has 2 aromatic carbocycles. The van der Waals surface area contributed by atoms with Crippen molar-refractivity contribution in [3.05, 3.63) is 60.2 Å². The van der Waals surface area contributed by atoms with Gasteiger partial charge in [-0.2, -0.15) is 0 Å². The lowest BCUT2D eigenvalue weighted by molar-refractivity contribution is -0.142. The van der Waals surface area contributed by atoms with Crippen molar-refractivity contribution in [3.8, 4) is 11.5 Å². The highest BCUT2D eigenvalue weighted by atomic mass is 16.5. The van der Waals surface area contributed by atoms with E-state index in [9.17, 15) is 14.7 Å². The third kappa shape index (κ3) is 5.84. The summed E-state index contributed by atoms with van der Waals surface area (Å²) in [4.78, 5) is 23.4. The van der Waals surface area contributed by atoms with E-state index in [4.69, 9.17) is 9.47 Å². The number of ether oxygens (including phenoxy) is 2. The van der Waals surface area contributed by atoms with Gasteiger partial charge in [-0.15, -0.1) is 0 Å². The molecule has 0 spiro atoms. The van der Waals surface area contributed by atoms with E-state index in [1.807, 2.05) is 6.92 Å². The summed E-state index contributed by atoms with van der Waals surface area (Å²) in [7, 11) is 0. The van der Waals surface area contributed by atoms with Crippen LogP contribution < -0.4 is 14.8 Å². The Bertz CT molecular complexity index is 685. The largest absolute Gasteiger partial charge is 0.494 e. The lowest BCUT2D eigenvalue weighted by atomic mass is 10.1. The van der Waals surface area contributed by atoms with Crippen LogP contribution in [-0.2, 0) is 9.59 Å². The lowest BCUT2D eigenvalue weighted by Crippen LogP contribution is -2.36. The molecule has 132 valence electrons. The summed E-state index contributed by atoms with van der Waals surface area (Å²) >= 11 is 0. The molecule has 25 heavy (non-hydrogen) atoms. The summed E-state index contributed by atoms with van der Waals surface area (Å²) in [5, 5.41) is 11.7. The minimum atomic E-state index is -1.13. The van der Waals surface area contributed by atoms with Gasteiger partial charge in [-0.05, 0) is 36.2 Å². The topological polar surface area (TPSA) is 84.9 Å². The second-order valence-electron chi connectivity index (χ2n) is 5.36. The molecule has 6 nitrogen and oxygen atoms in total. The summed E-state index contributed by atoms with van der Waals surface area (Å²) in [6.07, 6.45) is 0.921. The number of carbonyl (C=O) groups is 2. The van der Waals surface area contributed by atoms with Gasteiger partial charge in [0.15, 0.2) is 12.6 Å². The molecule has 0 aromatic heterocycles. The van der Waals surface area contributed by atoms with Gasteiger partial charge >= 0.3 is 5.97 Å². The molecule has 0 heterocycles. The Morgan fingerprint density at radius 3 is 2.16 bits per heavy atom. The van der Waals surface area contributed by atoms with E-state index >= 15 is 0 Å². The third-order valence-corrected chi connectivity index (χ3v) is 3.35. The summed E-state index contributed by atoms with van der Waals surface area (Å²) in [5.74, 6) is -0.404. The Balaban J connectivity index is 1.88. The second kappa shape index (κ2) is 9.32. The molecular formula is C19H21NO5. The van der Waals surface area contributed by atoms with E-state index in [0.717, 1.165) is 12.2 Å². The van der Waals surface area contributed by atoms with Gasteiger partial charge in [0.05, 0.1) is 6.61 Å². The van der Waals surface area contributed by atoms with Crippen LogP contribution in [0.3, 0.4) is 0 Å². The summed E-state index contributed by atoms with van der Waals surface area (Å²) < 4.78 is 10.8. The molecule has 0 fully saturated rings. The molecule has 2 N–H and O–H groups in total. The maximum absolute atomic E-state index is 12.0. The SMILES string of the molecule is CCCOc1ccc(OCC(=O)N[C@H](C(=O)O)c2ccccc2)cc1. The Hall–Kier alpha value is -3.02. The number of aliphatic carboxylic acids is 1. The predicted molar refractivity (Wildman–Crippen MR) is 92.7 cm³/mol. The van der Waals surface area contributed by atoms with Crippen LogP contribution in [0.5, 0.6) is 11.5 Å². The Morgan fingerprint density at radius 2 is 1.60 bits per heavy atom. The number of carbonyl (C=O) groups excluding carboxylic acids is 1. The predicted octanol–water partition coefficient (Wildman–Crippen LogP) is 2.80. The normalized spacial score (nSPS) is 11.4. The molecule has 2 rings (SSSR count). The fraction of sp³-hybridized carbons (Fsp3) is 0.263. The number of hydrogen-bond donors (Lipinski definition) is 2. The molecule has 0 aliphatic rings. The highest BCUT2D eigenvalue weighted by Crippen LogP contribution is 2.18. The smallest absolute Gasteiger partial charge is 0.330 e. The Morgan fingerprint density at radius 1 is 1.00 bits per heavy atom. The molecule has 0 unspecified atom stereocenters. The fourth-order valence-electron chi connectivity index (χ4n) is 2.14. The van der Waals surface area contributed by atoms with Crippen LogP contribution >= 0.6 is 0 Å². The van der Waals surface area contributed by atoms with E-state index in [-0.39, 0.29) is 6.61 Å². The summed E-state index contributed by atoms with van der Waals surface area (Å²) in [5.41, 5.74) is 0.501. The van der Waals surface area contributed by atoms with Crippen molar-refractivity contribution in [2.45, 2.75) is 19.4 Å². The lowest BCUT2D eigenvalue weighted by Gasteiger charge is -2.15. The Kier molecular flexibility index (Phi) is 6.83. The first-order valence-electron chi connectivity index (χ1n) is 8.03. The minimum absolute atomic E-state index is 0.272. The first-order valence-corrected chi connectivity index (χ1v) is 8.03. The van der Waals surface area contributed by atoms with Gasteiger partial charge in [-0.3, -0.25) is 4.79 Å². The number of rotatable bonds is 9. The average molecular weight is 343 g/mol. The van der Waals surface area contributed by atoms with Gasteiger partial charge in [0, 0.05) is 0 Å². The van der Waals surface area contributed by atoms with Gasteiger partial charge in [0.1, 0.15) is 11.5 Å². The van der Waals surface area contributed by atoms with Crippen LogP contribution in [0.2, 0.25) is 0 Å². The standard InChI is InChI=1S/C19H21NO5/c1-2-12-24-15-8-10-16(11-9-15)25-13-17(21)20-18(19(22)23)14-6-4-3-5-7-14/h3-11,18H,2,12-13H2,1H3,(H,20,21)(H,22,23)/t18-/m0/s1. The number of carboxylic acid groups (broad SMARTS) is 1. The quantitative estimate of drug-likeness (QED) is 0.731. The third-order valence-electron chi connectivity index (χ3n) is 3.35. The average Bonchev–Trinajstić information content (AvgIpc) is 2.64. The van der Waals surface area contributed by atoms with Crippen LogP contribution in [0.1, 0.15) is 24.9 Å². The molecule has 6 heteroatoms. The van der Waals surface area contributed by atoms with E-state index in [1.165, 1.54) is 0 Å². The van der Waals surface area contributed by atoms with Crippen LogP contribution in [-0.4, -0.2) is 30.2 Å². The monoisotopic (exact) mass is 343 g/mol. The highest BCUT2D eigenvalue weighted by Gasteiger charge is 2.21. The van der Waals surface area contributed by atoms with Crippen molar-refractivity contribution in [2.24, 2.45) is 0 Å². The highest BCUT2D eigenvalue weighted by molar-refractivity contribution is 5.85. The molecular weight excluding hydrogens is 322 g/mol. The van der Waals surface area contributed by atoms with Gasteiger partial charge in [0.2, 0.25) is 0 Å². The fourth-order valence-corrected chi connectivity index (χ4v) is 2.14. The van der Waals surface area contributed by atoms with Gasteiger partial charge in [-0.1, -0.05) is 37.3 Å². The zero-order chi connectivity index (χ0) is 18.1. The maximum Gasteiger partial charge on any atom is 0.330 e. The summed E-state index contributed by atoms with van der Waals surface area (Å²) in [6, 6.07) is 14.3. The molecule has 1 amide bonds. The van der Waals surface area contributed by atoms with Crippen molar-refractivity contribution in [1.29, 1.82) is 0 Å². The zero-order valence-electron chi connectivity index (χ0n) is 14.0. The molecule has 0 radical (unpaired) electrons. The Labute approximate surface area is 146 Å². The molecule has 1 atom stereocenters. The first kappa shape index (κ1) is 18.3. The van der Waals surface area contributed by atoms with Crippen LogP contribution in [0.4, 0.5) is 0 Å². The second-order valence-corrected chi connectivity index (χ2v) is 5.36. The number of benzene rings is 2. The van der Waals surface area contributed by atoms with Crippen molar-refractivity contribution in [3.63, 3.8) is 0 Å². The molecule has 0 saturated carbocycles. The molecule has 2 aromatic rings. The van der Waals surface area contributed by atoms with Crippen molar-refractivity contribution >= 4 is 11.9 Å². The van der Waals surface area contributed by atoms with E-state index < -0.39 is 17.9 Å². The van der Waals surface area contributed by atoms with Gasteiger partial charge < -0.3 is 19.9 Å². The van der Waals surface area contributed by atoms with E-state index in [2.05, 4.69) is 5.32 Å². The number of carboxylic acids is 1. The van der Waals surface area contributed by atoms with Crippen LogP contribution in [0.15, 0.2) is 54.6 Å². The minimum Gasteiger partial charge on any atom is -0.494 e. The van der Waals surface area contributed by atoms with Gasteiger partial charge in [0.25, 0.3) is 5.91 Å². The van der Waals surface area contributed by atoms with Crippen molar-refractivity contribution in [1.82, 2.24) is 5.32 Å². The zero-order valence-corrected chi connectivity index (χ0v) is 14.0. The van der Waals surface area contributed by atoms with Crippen molar-refractivity contribution < 1.29 is 24.2 Å². The van der Waals surface area contributed by atoms with Gasteiger partial charge in [-0.25, -0.2) is 4.79 Å². The molecule has 0 bridgehead atoms. The molecule has 0 saturated heterocycles. The van der Waals surface area contributed by atoms with E-state index in [1.54, 1.807) is 54.6 Å². The summed E-state index contributed by atoms with van der Waals surface area (Å²) in [6.45, 7) is 2.39. The van der Waals surface area contributed by atoms with Crippen molar-refractivity contribution in [2.75, 3.05) is 13.2 Å². The van der Waals surface area contributed by atoms with Crippen LogP contribution in [0, 0.1) is 0 Å².